The van der Waals surface area contributed by atoms with E-state index in [1.54, 1.807) is 12.1 Å². The van der Waals surface area contributed by atoms with E-state index in [0.717, 1.165) is 25.8 Å². The molecule has 0 aliphatic rings. The molecule has 0 spiro atoms. The van der Waals surface area contributed by atoms with Gasteiger partial charge in [0, 0.05) is 10.0 Å². The van der Waals surface area contributed by atoms with Gasteiger partial charge in [0.2, 0.25) is 0 Å². The lowest BCUT2D eigenvalue weighted by Gasteiger charge is -2.20. The smallest absolute Gasteiger partial charge is 0.338 e. The summed E-state index contributed by atoms with van der Waals surface area (Å²) in [6, 6.07) is 6.25. The lowest BCUT2D eigenvalue weighted by Crippen LogP contribution is -2.31. The van der Waals surface area contributed by atoms with Crippen LogP contribution < -0.4 is 0 Å². The molecule has 0 fully saturated rings. The molecule has 0 radical (unpaired) electrons. The Labute approximate surface area is 164 Å². The zero-order chi connectivity index (χ0) is 20.6. The summed E-state index contributed by atoms with van der Waals surface area (Å²) in [4.78, 5) is 48.3. The third-order valence-electron chi connectivity index (χ3n) is 3.53. The fourth-order valence-electron chi connectivity index (χ4n) is 2.12. The molecule has 0 unspecified atom stereocenters. The second kappa shape index (κ2) is 10.5. The standard InChI is InChI=1S/C18H19BrO8/c1-10(16(21)25-3)15(18(23)26-4)13(9-14(20)24-2)27-17(22)11-5-7-12(19)8-6-11/h5-8,13H,9H2,1-4H3/b15-10-/t13-/m1/s1. The maximum absolute atomic E-state index is 12.4. The Morgan fingerprint density at radius 1 is 0.926 bits per heavy atom. The molecule has 0 amide bonds. The summed E-state index contributed by atoms with van der Waals surface area (Å²) in [5.41, 5.74) is -0.268. The molecule has 9 heteroatoms. The lowest BCUT2D eigenvalue weighted by molar-refractivity contribution is -0.144. The zero-order valence-corrected chi connectivity index (χ0v) is 16.8. The number of methoxy groups -OCH3 is 3. The summed E-state index contributed by atoms with van der Waals surface area (Å²) in [5.74, 6) is -3.31. The molecule has 8 nitrogen and oxygen atoms in total. The van der Waals surface area contributed by atoms with Gasteiger partial charge in [0.25, 0.3) is 0 Å². The van der Waals surface area contributed by atoms with Crippen LogP contribution in [0.4, 0.5) is 0 Å². The van der Waals surface area contributed by atoms with E-state index in [0.29, 0.717) is 0 Å². The van der Waals surface area contributed by atoms with Gasteiger partial charge in [-0.15, -0.1) is 0 Å². The fraction of sp³-hybridized carbons (Fsp3) is 0.333. The van der Waals surface area contributed by atoms with Crippen molar-refractivity contribution in [2.45, 2.75) is 19.4 Å². The van der Waals surface area contributed by atoms with Gasteiger partial charge in [-0.05, 0) is 31.2 Å². The second-order valence-electron chi connectivity index (χ2n) is 5.20. The van der Waals surface area contributed by atoms with E-state index in [4.69, 9.17) is 4.74 Å². The van der Waals surface area contributed by atoms with E-state index < -0.39 is 36.4 Å². The molecule has 0 N–H and O–H groups in total. The van der Waals surface area contributed by atoms with Crippen LogP contribution in [0.3, 0.4) is 0 Å². The molecular formula is C18H19BrO8. The van der Waals surface area contributed by atoms with Crippen molar-refractivity contribution in [3.8, 4) is 0 Å². The first-order chi connectivity index (χ1) is 12.7. The Hall–Kier alpha value is -2.68. The number of carbonyl (C=O) groups excluding carboxylic acids is 4. The number of hydrogen-bond acceptors (Lipinski definition) is 8. The molecule has 0 heterocycles. The Morgan fingerprint density at radius 3 is 1.96 bits per heavy atom. The summed E-state index contributed by atoms with van der Waals surface area (Å²) in [5, 5.41) is 0. The minimum atomic E-state index is -1.40. The minimum absolute atomic E-state index is 0.151. The lowest BCUT2D eigenvalue weighted by atomic mass is 10.0. The van der Waals surface area contributed by atoms with Crippen molar-refractivity contribution in [2.24, 2.45) is 0 Å². The average Bonchev–Trinajstić information content (AvgIpc) is 2.67. The number of benzene rings is 1. The summed E-state index contributed by atoms with van der Waals surface area (Å²) in [6.07, 6.45) is -1.89. The molecule has 1 aromatic rings. The van der Waals surface area contributed by atoms with Crippen LogP contribution in [0.5, 0.6) is 0 Å². The molecule has 1 aromatic carbocycles. The highest BCUT2D eigenvalue weighted by atomic mass is 79.9. The van der Waals surface area contributed by atoms with Gasteiger partial charge in [0.15, 0.2) is 0 Å². The molecule has 1 atom stereocenters. The maximum Gasteiger partial charge on any atom is 0.338 e. The average molecular weight is 443 g/mol. The molecular weight excluding hydrogens is 424 g/mol. The predicted molar refractivity (Wildman–Crippen MR) is 96.7 cm³/mol. The number of esters is 4. The molecule has 0 aromatic heterocycles. The zero-order valence-electron chi connectivity index (χ0n) is 15.2. The van der Waals surface area contributed by atoms with Crippen LogP contribution in [0.2, 0.25) is 0 Å². The molecule has 0 saturated carbocycles. The van der Waals surface area contributed by atoms with Crippen LogP contribution in [0.15, 0.2) is 39.9 Å². The second-order valence-corrected chi connectivity index (χ2v) is 6.12. The van der Waals surface area contributed by atoms with Crippen LogP contribution in [-0.4, -0.2) is 51.3 Å². The van der Waals surface area contributed by atoms with Crippen LogP contribution in [0.25, 0.3) is 0 Å². The topological polar surface area (TPSA) is 105 Å². The first-order valence-corrected chi connectivity index (χ1v) is 8.45. The molecule has 146 valence electrons. The Balaban J connectivity index is 3.32. The number of ether oxygens (including phenoxy) is 4. The summed E-state index contributed by atoms with van der Waals surface area (Å²) in [6.45, 7) is 1.30. The van der Waals surface area contributed by atoms with Crippen molar-refractivity contribution in [1.82, 2.24) is 0 Å². The SMILES string of the molecule is COC(=O)C[C@@H](OC(=O)c1ccc(Br)cc1)/C(C(=O)OC)=C(\C)C(=O)OC. The molecule has 0 saturated heterocycles. The maximum atomic E-state index is 12.4. The van der Waals surface area contributed by atoms with E-state index in [2.05, 4.69) is 30.1 Å². The summed E-state index contributed by atoms with van der Waals surface area (Å²) in [7, 11) is 3.37. The molecule has 0 aliphatic carbocycles. The molecule has 0 aliphatic heterocycles. The molecule has 1 rings (SSSR count). The van der Waals surface area contributed by atoms with Crippen molar-refractivity contribution in [2.75, 3.05) is 21.3 Å². The van der Waals surface area contributed by atoms with Crippen molar-refractivity contribution >= 4 is 39.8 Å². The van der Waals surface area contributed by atoms with Crippen molar-refractivity contribution in [3.05, 3.63) is 45.4 Å². The van der Waals surface area contributed by atoms with E-state index in [1.165, 1.54) is 19.1 Å². The Morgan fingerprint density at radius 2 is 1.48 bits per heavy atom. The van der Waals surface area contributed by atoms with Gasteiger partial charge in [-0.3, -0.25) is 4.79 Å². The van der Waals surface area contributed by atoms with Crippen LogP contribution in [-0.2, 0) is 33.3 Å². The first kappa shape index (κ1) is 22.4. The third-order valence-corrected chi connectivity index (χ3v) is 4.06. The highest BCUT2D eigenvalue weighted by Gasteiger charge is 2.32. The summed E-state index contributed by atoms with van der Waals surface area (Å²) >= 11 is 3.25. The Kier molecular flexibility index (Phi) is 8.67. The van der Waals surface area contributed by atoms with Gasteiger partial charge < -0.3 is 18.9 Å². The highest BCUT2D eigenvalue weighted by molar-refractivity contribution is 9.10. The van der Waals surface area contributed by atoms with Crippen LogP contribution >= 0.6 is 15.9 Å². The minimum Gasteiger partial charge on any atom is -0.469 e. The number of hydrogen-bond donors (Lipinski definition) is 0. The first-order valence-electron chi connectivity index (χ1n) is 7.65. The van der Waals surface area contributed by atoms with Crippen LogP contribution in [0, 0.1) is 0 Å². The van der Waals surface area contributed by atoms with Crippen molar-refractivity contribution in [1.29, 1.82) is 0 Å². The van der Waals surface area contributed by atoms with Gasteiger partial charge in [-0.1, -0.05) is 15.9 Å². The normalized spacial score (nSPS) is 12.3. The van der Waals surface area contributed by atoms with Gasteiger partial charge in [-0.2, -0.15) is 0 Å². The number of halogens is 1. The number of carbonyl (C=O) groups is 4. The summed E-state index contributed by atoms with van der Waals surface area (Å²) < 4.78 is 19.9. The van der Waals surface area contributed by atoms with Crippen molar-refractivity contribution in [3.63, 3.8) is 0 Å². The van der Waals surface area contributed by atoms with E-state index in [1.807, 2.05) is 0 Å². The van der Waals surface area contributed by atoms with Gasteiger partial charge in [-0.25, -0.2) is 14.4 Å². The van der Waals surface area contributed by atoms with Gasteiger partial charge >= 0.3 is 23.9 Å². The van der Waals surface area contributed by atoms with Crippen LogP contribution in [0.1, 0.15) is 23.7 Å². The molecule has 0 bridgehead atoms. The predicted octanol–water partition coefficient (Wildman–Crippen LogP) is 2.20. The number of rotatable bonds is 7. The fourth-order valence-corrected chi connectivity index (χ4v) is 2.38. The van der Waals surface area contributed by atoms with E-state index in [-0.39, 0.29) is 16.7 Å². The Bertz CT molecular complexity index is 751. The van der Waals surface area contributed by atoms with Crippen molar-refractivity contribution < 1.29 is 38.1 Å². The van der Waals surface area contributed by atoms with Gasteiger partial charge in [0.1, 0.15) is 6.10 Å². The van der Waals surface area contributed by atoms with E-state index >= 15 is 0 Å². The monoisotopic (exact) mass is 442 g/mol. The molecule has 27 heavy (non-hydrogen) atoms. The quantitative estimate of drug-likeness (QED) is 0.359. The largest absolute Gasteiger partial charge is 0.469 e. The van der Waals surface area contributed by atoms with Gasteiger partial charge in [0.05, 0.1) is 38.9 Å². The highest BCUT2D eigenvalue weighted by Crippen LogP contribution is 2.21. The third kappa shape index (κ3) is 6.21. The van der Waals surface area contributed by atoms with E-state index in [9.17, 15) is 19.2 Å².